The Bertz CT molecular complexity index is 454. The van der Waals surface area contributed by atoms with Gasteiger partial charge in [0.05, 0.1) is 0 Å². The van der Waals surface area contributed by atoms with E-state index in [1.807, 2.05) is 32.6 Å². The second-order valence-corrected chi connectivity index (χ2v) is 6.98. The monoisotopic (exact) mass is 298 g/mol. The normalized spacial score (nSPS) is 11.4. The molecule has 0 saturated carbocycles. The number of nitrogens with two attached hydrogens (primary N) is 1. The van der Waals surface area contributed by atoms with Crippen LogP contribution in [0.4, 0.5) is 10.9 Å². The molecular formula is C14H26N4OS. The summed E-state index contributed by atoms with van der Waals surface area (Å²) in [6, 6.07) is 0.410. The number of nitrogen functional groups attached to an aromatic ring is 1. The third kappa shape index (κ3) is 4.37. The fourth-order valence-corrected chi connectivity index (χ4v) is 2.83. The maximum absolute atomic E-state index is 12.6. The molecule has 6 heteroatoms. The molecule has 0 radical (unpaired) electrons. The Balaban J connectivity index is 2.97. The van der Waals surface area contributed by atoms with Gasteiger partial charge in [0.1, 0.15) is 10.7 Å². The molecule has 0 aliphatic carbocycles. The zero-order valence-electron chi connectivity index (χ0n) is 13.2. The number of carbonyl (C=O) groups is 1. The van der Waals surface area contributed by atoms with E-state index in [0.29, 0.717) is 21.7 Å². The third-order valence-corrected chi connectivity index (χ3v) is 3.70. The molecule has 3 N–H and O–H groups in total. The van der Waals surface area contributed by atoms with Gasteiger partial charge in [-0.1, -0.05) is 25.2 Å². The average molecular weight is 298 g/mol. The summed E-state index contributed by atoms with van der Waals surface area (Å²) in [5.74, 6) is 0.710. The third-order valence-electron chi connectivity index (χ3n) is 2.71. The molecule has 0 fully saturated rings. The van der Waals surface area contributed by atoms with Crippen molar-refractivity contribution in [2.24, 2.45) is 5.92 Å². The number of thiazole rings is 1. The lowest BCUT2D eigenvalue weighted by molar-refractivity contribution is 0.0688. The van der Waals surface area contributed by atoms with Gasteiger partial charge in [-0.15, -0.1) is 0 Å². The highest BCUT2D eigenvalue weighted by molar-refractivity contribution is 7.18. The van der Waals surface area contributed by atoms with Crippen LogP contribution in [0.3, 0.4) is 0 Å². The van der Waals surface area contributed by atoms with Gasteiger partial charge >= 0.3 is 0 Å². The van der Waals surface area contributed by atoms with Crippen LogP contribution in [0.1, 0.15) is 51.2 Å². The summed E-state index contributed by atoms with van der Waals surface area (Å²) in [5, 5.41) is 3.89. The van der Waals surface area contributed by atoms with Crippen LogP contribution >= 0.6 is 11.3 Å². The highest BCUT2D eigenvalue weighted by atomic mass is 32.1. The van der Waals surface area contributed by atoms with Crippen LogP contribution in [0.5, 0.6) is 0 Å². The Kier molecular flexibility index (Phi) is 5.80. The molecule has 0 aliphatic rings. The van der Waals surface area contributed by atoms with Gasteiger partial charge in [-0.3, -0.25) is 4.79 Å². The molecule has 0 atom stereocenters. The first-order valence-electron chi connectivity index (χ1n) is 7.06. The molecule has 0 saturated heterocycles. The summed E-state index contributed by atoms with van der Waals surface area (Å²) in [7, 11) is 0. The molecular weight excluding hydrogens is 272 g/mol. The van der Waals surface area contributed by atoms with E-state index >= 15 is 0 Å². The SMILES string of the molecule is CC(C)CN(C(=O)c1sc(NC(C)C)nc1N)C(C)C. The molecule has 114 valence electrons. The number of aromatic nitrogens is 1. The van der Waals surface area contributed by atoms with Crippen LogP contribution < -0.4 is 11.1 Å². The molecule has 0 bridgehead atoms. The smallest absolute Gasteiger partial charge is 0.268 e. The molecule has 20 heavy (non-hydrogen) atoms. The molecule has 1 rings (SSSR count). The molecule has 1 heterocycles. The largest absolute Gasteiger partial charge is 0.382 e. The fourth-order valence-electron chi connectivity index (χ4n) is 1.85. The maximum atomic E-state index is 12.6. The number of amides is 1. The van der Waals surface area contributed by atoms with E-state index < -0.39 is 0 Å². The van der Waals surface area contributed by atoms with Gasteiger partial charge in [-0.25, -0.2) is 4.98 Å². The predicted molar refractivity (Wildman–Crippen MR) is 86.3 cm³/mol. The minimum Gasteiger partial charge on any atom is -0.382 e. The molecule has 0 unspecified atom stereocenters. The lowest BCUT2D eigenvalue weighted by Crippen LogP contribution is -2.39. The van der Waals surface area contributed by atoms with Gasteiger partial charge in [0.25, 0.3) is 5.91 Å². The van der Waals surface area contributed by atoms with Crippen LogP contribution in [0.15, 0.2) is 0 Å². The van der Waals surface area contributed by atoms with Gasteiger partial charge in [0.15, 0.2) is 5.13 Å². The maximum Gasteiger partial charge on any atom is 0.268 e. The summed E-state index contributed by atoms with van der Waals surface area (Å²) in [6.07, 6.45) is 0. The van der Waals surface area contributed by atoms with Gasteiger partial charge < -0.3 is 16.0 Å². The zero-order valence-corrected chi connectivity index (χ0v) is 14.0. The van der Waals surface area contributed by atoms with Crippen LogP contribution in [-0.2, 0) is 0 Å². The van der Waals surface area contributed by atoms with E-state index in [1.165, 1.54) is 11.3 Å². The van der Waals surface area contributed by atoms with Crippen molar-refractivity contribution in [3.63, 3.8) is 0 Å². The minimum atomic E-state index is -0.0273. The van der Waals surface area contributed by atoms with Crippen molar-refractivity contribution < 1.29 is 4.79 Å². The first-order valence-corrected chi connectivity index (χ1v) is 7.87. The van der Waals surface area contributed by atoms with Crippen LogP contribution in [0, 0.1) is 5.92 Å². The summed E-state index contributed by atoms with van der Waals surface area (Å²) < 4.78 is 0. The second kappa shape index (κ2) is 6.92. The summed E-state index contributed by atoms with van der Waals surface area (Å²) in [5.41, 5.74) is 5.90. The van der Waals surface area contributed by atoms with Gasteiger partial charge in [0, 0.05) is 18.6 Å². The van der Waals surface area contributed by atoms with Gasteiger partial charge in [0.2, 0.25) is 0 Å². The van der Waals surface area contributed by atoms with Crippen LogP contribution in [0.25, 0.3) is 0 Å². The number of anilines is 2. The highest BCUT2D eigenvalue weighted by Gasteiger charge is 2.24. The number of hydrogen-bond acceptors (Lipinski definition) is 5. The molecule has 1 amide bonds. The van der Waals surface area contributed by atoms with Crippen LogP contribution in [-0.4, -0.2) is 34.4 Å². The van der Waals surface area contributed by atoms with E-state index in [-0.39, 0.29) is 18.0 Å². The Morgan fingerprint density at radius 1 is 1.30 bits per heavy atom. The average Bonchev–Trinajstić information content (AvgIpc) is 2.64. The van der Waals surface area contributed by atoms with Crippen LogP contribution in [0.2, 0.25) is 0 Å². The number of carbonyl (C=O) groups excluding carboxylic acids is 1. The van der Waals surface area contributed by atoms with Gasteiger partial charge in [-0.05, 0) is 33.6 Å². The van der Waals surface area contributed by atoms with Crippen molar-refractivity contribution >= 4 is 28.2 Å². The van der Waals surface area contributed by atoms with E-state index in [1.54, 1.807) is 0 Å². The van der Waals surface area contributed by atoms with E-state index in [0.717, 1.165) is 6.54 Å². The van der Waals surface area contributed by atoms with E-state index in [4.69, 9.17) is 5.73 Å². The van der Waals surface area contributed by atoms with Crippen molar-refractivity contribution in [3.05, 3.63) is 4.88 Å². The van der Waals surface area contributed by atoms with E-state index in [2.05, 4.69) is 24.1 Å². The molecule has 0 aromatic carbocycles. The Hall–Kier alpha value is -1.30. The van der Waals surface area contributed by atoms with E-state index in [9.17, 15) is 4.79 Å². The number of hydrogen-bond donors (Lipinski definition) is 2. The van der Waals surface area contributed by atoms with Gasteiger partial charge in [-0.2, -0.15) is 0 Å². The van der Waals surface area contributed by atoms with Crippen molar-refractivity contribution in [1.82, 2.24) is 9.88 Å². The predicted octanol–water partition coefficient (Wildman–Crippen LogP) is 3.05. The summed E-state index contributed by atoms with van der Waals surface area (Å²) >= 11 is 1.33. The number of nitrogens with one attached hydrogen (secondary N) is 1. The second-order valence-electron chi connectivity index (χ2n) is 5.98. The summed E-state index contributed by atoms with van der Waals surface area (Å²) in [4.78, 5) is 19.2. The first kappa shape index (κ1) is 16.8. The molecule has 0 spiro atoms. The number of nitrogens with zero attached hydrogens (tertiary/aromatic N) is 2. The molecule has 1 aromatic heterocycles. The quantitative estimate of drug-likeness (QED) is 0.846. The van der Waals surface area contributed by atoms with Crippen molar-refractivity contribution in [2.75, 3.05) is 17.6 Å². The lowest BCUT2D eigenvalue weighted by Gasteiger charge is -2.28. The minimum absolute atomic E-state index is 0.0273. The summed E-state index contributed by atoms with van der Waals surface area (Å²) in [6.45, 7) is 13.0. The first-order chi connectivity index (χ1) is 9.22. The standard InChI is InChI=1S/C14H26N4OS/c1-8(2)7-18(10(5)6)13(19)11-12(15)17-14(20-11)16-9(3)4/h8-10H,7,15H2,1-6H3,(H,16,17). The molecule has 0 aliphatic heterocycles. The van der Waals surface area contributed by atoms with Crippen molar-refractivity contribution in [1.29, 1.82) is 0 Å². The zero-order chi connectivity index (χ0) is 15.4. The lowest BCUT2D eigenvalue weighted by atomic mass is 10.1. The van der Waals surface area contributed by atoms with Crippen molar-refractivity contribution in [2.45, 2.75) is 53.6 Å². The Labute approximate surface area is 125 Å². The van der Waals surface area contributed by atoms with Crippen molar-refractivity contribution in [3.8, 4) is 0 Å². The molecule has 5 nitrogen and oxygen atoms in total. The topological polar surface area (TPSA) is 71.2 Å². The fraction of sp³-hybridized carbons (Fsp3) is 0.714. The highest BCUT2D eigenvalue weighted by Crippen LogP contribution is 2.27. The Morgan fingerprint density at radius 3 is 2.35 bits per heavy atom. The molecule has 1 aromatic rings. The Morgan fingerprint density at radius 2 is 1.90 bits per heavy atom. The number of rotatable bonds is 6.